The van der Waals surface area contributed by atoms with E-state index >= 15 is 0 Å². The highest BCUT2D eigenvalue weighted by Gasteiger charge is 2.12. The molecule has 0 atom stereocenters. The summed E-state index contributed by atoms with van der Waals surface area (Å²) in [6, 6.07) is 10.5. The van der Waals surface area contributed by atoms with E-state index in [4.69, 9.17) is 5.11 Å². The first kappa shape index (κ1) is 16.2. The molecule has 3 N–H and O–H groups in total. The van der Waals surface area contributed by atoms with Crippen molar-refractivity contribution in [3.05, 3.63) is 59.4 Å². The Morgan fingerprint density at radius 3 is 2.26 bits per heavy atom. The summed E-state index contributed by atoms with van der Waals surface area (Å²) in [7, 11) is 0. The highest BCUT2D eigenvalue weighted by Crippen LogP contribution is 2.11. The molecule has 0 radical (unpaired) electrons. The number of carbonyl (C=O) groups is 3. The molecule has 7 nitrogen and oxygen atoms in total. The Morgan fingerprint density at radius 1 is 1.00 bits per heavy atom. The minimum atomic E-state index is -1.20. The number of carbonyl (C=O) groups excluding carboxylic acids is 2. The number of amides is 2. The highest BCUT2D eigenvalue weighted by molar-refractivity contribution is 6.03. The molecule has 0 spiro atoms. The zero-order valence-corrected chi connectivity index (χ0v) is 12.4. The van der Waals surface area contributed by atoms with E-state index in [0.717, 1.165) is 0 Å². The Labute approximate surface area is 132 Å². The summed E-state index contributed by atoms with van der Waals surface area (Å²) in [5.41, 5.74) is 0.753. The number of rotatable bonds is 5. The predicted octanol–water partition coefficient (Wildman–Crippen LogP) is 1.78. The molecule has 23 heavy (non-hydrogen) atoms. The van der Waals surface area contributed by atoms with Gasteiger partial charge in [-0.3, -0.25) is 9.59 Å². The quantitative estimate of drug-likeness (QED) is 0.779. The molecule has 0 aliphatic rings. The maximum absolute atomic E-state index is 12.1. The Hall–Kier alpha value is -3.22. The van der Waals surface area contributed by atoms with Crippen molar-refractivity contribution < 1.29 is 19.5 Å². The minimum Gasteiger partial charge on any atom is -0.477 e. The lowest BCUT2D eigenvalue weighted by Gasteiger charge is -2.07. The van der Waals surface area contributed by atoms with Gasteiger partial charge in [-0.05, 0) is 43.3 Å². The molecule has 0 fully saturated rings. The molecule has 2 rings (SSSR count). The molecule has 0 aliphatic carbocycles. The normalized spacial score (nSPS) is 9.96. The van der Waals surface area contributed by atoms with E-state index < -0.39 is 11.9 Å². The zero-order valence-electron chi connectivity index (χ0n) is 12.4. The number of aromatic carboxylic acids is 1. The van der Waals surface area contributed by atoms with Crippen molar-refractivity contribution >= 4 is 23.5 Å². The topological polar surface area (TPSA) is 108 Å². The highest BCUT2D eigenvalue weighted by atomic mass is 16.4. The largest absolute Gasteiger partial charge is 0.477 e. The Balaban J connectivity index is 2.10. The van der Waals surface area contributed by atoms with Crippen molar-refractivity contribution in [1.82, 2.24) is 10.3 Å². The van der Waals surface area contributed by atoms with Crippen LogP contribution in [-0.4, -0.2) is 34.4 Å². The molecule has 2 amide bonds. The summed E-state index contributed by atoms with van der Waals surface area (Å²) < 4.78 is 0. The van der Waals surface area contributed by atoms with Gasteiger partial charge in [-0.1, -0.05) is 6.07 Å². The van der Waals surface area contributed by atoms with E-state index in [1.807, 2.05) is 6.92 Å². The van der Waals surface area contributed by atoms with Crippen LogP contribution in [0.2, 0.25) is 0 Å². The van der Waals surface area contributed by atoms with Crippen LogP contribution in [-0.2, 0) is 0 Å². The summed E-state index contributed by atoms with van der Waals surface area (Å²) in [5.74, 6) is -1.92. The maximum Gasteiger partial charge on any atom is 0.354 e. The first-order valence-electron chi connectivity index (χ1n) is 6.91. The minimum absolute atomic E-state index is 0.00213. The number of carboxylic acid groups (broad SMARTS) is 1. The van der Waals surface area contributed by atoms with Crippen LogP contribution < -0.4 is 10.6 Å². The fourth-order valence-corrected chi connectivity index (χ4v) is 1.84. The van der Waals surface area contributed by atoms with E-state index in [2.05, 4.69) is 15.6 Å². The number of carboxylic acids is 1. The molecule has 0 unspecified atom stereocenters. The average Bonchev–Trinajstić information content (AvgIpc) is 2.55. The summed E-state index contributed by atoms with van der Waals surface area (Å²) in [4.78, 5) is 38.3. The van der Waals surface area contributed by atoms with Gasteiger partial charge in [0.15, 0.2) is 0 Å². The number of nitrogens with one attached hydrogen (secondary N) is 2. The summed E-state index contributed by atoms with van der Waals surface area (Å²) >= 11 is 0. The van der Waals surface area contributed by atoms with Gasteiger partial charge in [0.2, 0.25) is 0 Å². The fourth-order valence-electron chi connectivity index (χ4n) is 1.84. The van der Waals surface area contributed by atoms with Crippen LogP contribution in [0, 0.1) is 0 Å². The van der Waals surface area contributed by atoms with E-state index in [9.17, 15) is 14.4 Å². The molecule has 1 aromatic carbocycles. The molecule has 1 heterocycles. The first-order chi connectivity index (χ1) is 11.0. The Morgan fingerprint density at radius 2 is 1.65 bits per heavy atom. The lowest BCUT2D eigenvalue weighted by molar-refractivity contribution is 0.0690. The summed E-state index contributed by atoms with van der Waals surface area (Å²) in [5, 5.41) is 14.1. The summed E-state index contributed by atoms with van der Waals surface area (Å²) in [6.45, 7) is 2.35. The van der Waals surface area contributed by atoms with Gasteiger partial charge in [-0.15, -0.1) is 0 Å². The average molecular weight is 313 g/mol. The SMILES string of the molecule is CCNC(=O)c1ccc(NC(=O)c2cccc(C(=O)O)n2)cc1. The lowest BCUT2D eigenvalue weighted by atomic mass is 10.2. The van der Waals surface area contributed by atoms with E-state index in [1.54, 1.807) is 24.3 Å². The van der Waals surface area contributed by atoms with E-state index in [0.29, 0.717) is 17.8 Å². The van der Waals surface area contributed by atoms with Gasteiger partial charge in [0.1, 0.15) is 11.4 Å². The van der Waals surface area contributed by atoms with Crippen molar-refractivity contribution in [3.63, 3.8) is 0 Å². The number of hydrogen-bond acceptors (Lipinski definition) is 4. The lowest BCUT2D eigenvalue weighted by Crippen LogP contribution is -2.22. The van der Waals surface area contributed by atoms with E-state index in [1.165, 1.54) is 18.2 Å². The monoisotopic (exact) mass is 313 g/mol. The number of aromatic nitrogens is 1. The van der Waals surface area contributed by atoms with Gasteiger partial charge >= 0.3 is 5.97 Å². The Kier molecular flexibility index (Phi) is 5.03. The summed E-state index contributed by atoms with van der Waals surface area (Å²) in [6.07, 6.45) is 0. The van der Waals surface area contributed by atoms with Crippen LogP contribution in [0.3, 0.4) is 0 Å². The molecule has 0 saturated heterocycles. The third kappa shape index (κ3) is 4.13. The van der Waals surface area contributed by atoms with Crippen LogP contribution in [0.25, 0.3) is 0 Å². The van der Waals surface area contributed by atoms with Crippen LogP contribution in [0.5, 0.6) is 0 Å². The smallest absolute Gasteiger partial charge is 0.354 e. The van der Waals surface area contributed by atoms with Gasteiger partial charge in [0.25, 0.3) is 11.8 Å². The van der Waals surface area contributed by atoms with Crippen LogP contribution in [0.4, 0.5) is 5.69 Å². The number of hydrogen-bond donors (Lipinski definition) is 3. The van der Waals surface area contributed by atoms with Crippen LogP contribution >= 0.6 is 0 Å². The predicted molar refractivity (Wildman–Crippen MR) is 83.6 cm³/mol. The maximum atomic E-state index is 12.1. The second-order valence-corrected chi connectivity index (χ2v) is 4.60. The number of pyridine rings is 1. The van der Waals surface area contributed by atoms with Gasteiger partial charge < -0.3 is 15.7 Å². The second-order valence-electron chi connectivity index (χ2n) is 4.60. The van der Waals surface area contributed by atoms with Gasteiger partial charge in [-0.25, -0.2) is 9.78 Å². The number of benzene rings is 1. The fraction of sp³-hybridized carbons (Fsp3) is 0.125. The van der Waals surface area contributed by atoms with Crippen LogP contribution in [0.15, 0.2) is 42.5 Å². The van der Waals surface area contributed by atoms with Crippen molar-refractivity contribution in [1.29, 1.82) is 0 Å². The van der Waals surface area contributed by atoms with Gasteiger partial charge in [0, 0.05) is 17.8 Å². The van der Waals surface area contributed by atoms with Gasteiger partial charge in [-0.2, -0.15) is 0 Å². The molecule has 1 aromatic heterocycles. The molecular formula is C16H15N3O4. The third-order valence-corrected chi connectivity index (χ3v) is 2.94. The standard InChI is InChI=1S/C16H15N3O4/c1-2-17-14(20)10-6-8-11(9-7-10)18-15(21)12-4-3-5-13(19-12)16(22)23/h3-9H,2H2,1H3,(H,17,20)(H,18,21)(H,22,23). The number of nitrogens with zero attached hydrogens (tertiary/aromatic N) is 1. The molecule has 2 aromatic rings. The van der Waals surface area contributed by atoms with Crippen molar-refractivity contribution in [3.8, 4) is 0 Å². The Bertz CT molecular complexity index is 741. The molecular weight excluding hydrogens is 298 g/mol. The molecule has 0 bridgehead atoms. The van der Waals surface area contributed by atoms with Crippen LogP contribution in [0.1, 0.15) is 38.3 Å². The first-order valence-corrected chi connectivity index (χ1v) is 6.91. The van der Waals surface area contributed by atoms with Crippen molar-refractivity contribution in [2.45, 2.75) is 6.92 Å². The van der Waals surface area contributed by atoms with Crippen molar-refractivity contribution in [2.24, 2.45) is 0 Å². The van der Waals surface area contributed by atoms with Crippen molar-refractivity contribution in [2.75, 3.05) is 11.9 Å². The van der Waals surface area contributed by atoms with Gasteiger partial charge in [0.05, 0.1) is 0 Å². The molecule has 0 aliphatic heterocycles. The second kappa shape index (κ2) is 7.17. The molecule has 7 heteroatoms. The number of anilines is 1. The third-order valence-electron chi connectivity index (χ3n) is 2.94. The zero-order chi connectivity index (χ0) is 16.8. The van der Waals surface area contributed by atoms with E-state index in [-0.39, 0.29) is 17.3 Å². The molecule has 118 valence electrons. The molecule has 0 saturated carbocycles.